The maximum atomic E-state index is 3.60. The zero-order valence-electron chi connectivity index (χ0n) is 8.14. The normalized spacial score (nSPS) is 7.58. The molecular weight excluding hydrogens is 198 g/mol. The predicted octanol–water partition coefficient (Wildman–Crippen LogP) is 3.41. The van der Waals surface area contributed by atoms with E-state index in [1.807, 2.05) is 24.3 Å². The zero-order valence-corrected chi connectivity index (χ0v) is 11.1. The van der Waals surface area contributed by atoms with Crippen LogP contribution in [-0.4, -0.2) is 0 Å². The van der Waals surface area contributed by atoms with Crippen molar-refractivity contribution in [2.75, 3.05) is 0 Å². The van der Waals surface area contributed by atoms with E-state index in [9.17, 15) is 0 Å². The third-order valence-electron chi connectivity index (χ3n) is 1.24. The molecule has 0 heterocycles. The SMILES string of the molecule is Cc1cc[c-]cc1.[CH2-]CCC.[Zn+2]. The summed E-state index contributed by atoms with van der Waals surface area (Å²) in [5, 5.41) is 0. The number of benzene rings is 1. The van der Waals surface area contributed by atoms with E-state index in [-0.39, 0.29) is 19.5 Å². The van der Waals surface area contributed by atoms with E-state index in [1.165, 1.54) is 12.0 Å². The van der Waals surface area contributed by atoms with Crippen molar-refractivity contribution in [3.63, 3.8) is 0 Å². The van der Waals surface area contributed by atoms with Crippen LogP contribution in [0.25, 0.3) is 0 Å². The first-order valence-corrected chi connectivity index (χ1v) is 4.03. The second-order valence-electron chi connectivity index (χ2n) is 2.43. The number of unbranched alkanes of at least 4 members (excludes halogenated alkanes) is 1. The Hall–Kier alpha value is -0.157. The van der Waals surface area contributed by atoms with Gasteiger partial charge in [-0.2, -0.15) is 42.3 Å². The van der Waals surface area contributed by atoms with Crippen molar-refractivity contribution in [1.82, 2.24) is 0 Å². The predicted molar refractivity (Wildman–Crippen MR) is 50.3 cm³/mol. The van der Waals surface area contributed by atoms with Gasteiger partial charge in [0.2, 0.25) is 0 Å². The smallest absolute Gasteiger partial charge is 0.343 e. The molecule has 62 valence electrons. The van der Waals surface area contributed by atoms with Crippen LogP contribution in [0.15, 0.2) is 24.3 Å². The van der Waals surface area contributed by atoms with Crippen LogP contribution >= 0.6 is 0 Å². The fourth-order valence-corrected chi connectivity index (χ4v) is 0.470. The average molecular weight is 214 g/mol. The second-order valence-corrected chi connectivity index (χ2v) is 2.43. The van der Waals surface area contributed by atoms with Gasteiger partial charge in [-0.15, -0.1) is 0 Å². The number of aryl methyl sites for hydroxylation is 1. The van der Waals surface area contributed by atoms with Gasteiger partial charge in [0.15, 0.2) is 0 Å². The summed E-state index contributed by atoms with van der Waals surface area (Å²) in [6, 6.07) is 10.8. The molecule has 0 aromatic heterocycles. The molecule has 12 heavy (non-hydrogen) atoms. The van der Waals surface area contributed by atoms with Gasteiger partial charge in [-0.1, -0.05) is 20.3 Å². The van der Waals surface area contributed by atoms with Crippen LogP contribution in [0.4, 0.5) is 0 Å². The van der Waals surface area contributed by atoms with E-state index < -0.39 is 0 Å². The summed E-state index contributed by atoms with van der Waals surface area (Å²) in [6.45, 7) is 7.79. The second kappa shape index (κ2) is 10.8. The fourth-order valence-electron chi connectivity index (χ4n) is 0.470. The largest absolute Gasteiger partial charge is 2.00 e. The van der Waals surface area contributed by atoms with Crippen LogP contribution in [0.5, 0.6) is 0 Å². The van der Waals surface area contributed by atoms with Crippen molar-refractivity contribution in [3.8, 4) is 0 Å². The summed E-state index contributed by atoms with van der Waals surface area (Å²) in [6.07, 6.45) is 2.28. The van der Waals surface area contributed by atoms with Crippen molar-refractivity contribution in [3.05, 3.63) is 42.8 Å². The monoisotopic (exact) mass is 212 g/mol. The summed E-state index contributed by atoms with van der Waals surface area (Å²) in [4.78, 5) is 0. The summed E-state index contributed by atoms with van der Waals surface area (Å²) in [7, 11) is 0. The Labute approximate surface area is 89.1 Å². The molecule has 0 aliphatic carbocycles. The first-order chi connectivity index (χ1) is 5.31. The van der Waals surface area contributed by atoms with Gasteiger partial charge in [-0.3, -0.25) is 0 Å². The molecule has 0 N–H and O–H groups in total. The van der Waals surface area contributed by atoms with Crippen LogP contribution in [0.3, 0.4) is 0 Å². The van der Waals surface area contributed by atoms with Gasteiger partial charge < -0.3 is 6.92 Å². The number of hydrogen-bond acceptors (Lipinski definition) is 0. The molecule has 0 nitrogen and oxygen atoms in total. The quantitative estimate of drug-likeness (QED) is 0.495. The van der Waals surface area contributed by atoms with Gasteiger partial charge in [-0.25, -0.2) is 0 Å². The summed E-state index contributed by atoms with van der Waals surface area (Å²) < 4.78 is 0. The van der Waals surface area contributed by atoms with Crippen LogP contribution in [0, 0.1) is 19.9 Å². The minimum atomic E-state index is 0. The molecule has 0 bridgehead atoms. The molecule has 0 saturated heterocycles. The van der Waals surface area contributed by atoms with E-state index in [4.69, 9.17) is 0 Å². The van der Waals surface area contributed by atoms with Crippen molar-refractivity contribution >= 4 is 0 Å². The standard InChI is InChI=1S/C7H7.C4H9.Zn/c1-7-5-3-2-4-6-7;1-3-4-2;/h3-6H,1H3;1,3-4H2,2H3;/q2*-1;+2. The number of rotatable bonds is 1. The number of hydrogen-bond donors (Lipinski definition) is 0. The minimum absolute atomic E-state index is 0. The van der Waals surface area contributed by atoms with Gasteiger partial charge in [0, 0.05) is 0 Å². The van der Waals surface area contributed by atoms with Gasteiger partial charge in [0.25, 0.3) is 0 Å². The molecular formula is C11H16Zn. The molecule has 0 aliphatic rings. The van der Waals surface area contributed by atoms with E-state index in [2.05, 4.69) is 26.8 Å². The van der Waals surface area contributed by atoms with E-state index in [1.54, 1.807) is 0 Å². The molecule has 0 atom stereocenters. The van der Waals surface area contributed by atoms with Crippen LogP contribution in [0.2, 0.25) is 0 Å². The van der Waals surface area contributed by atoms with Crippen LogP contribution < -0.4 is 0 Å². The summed E-state index contributed by atoms with van der Waals surface area (Å²) in [5.41, 5.74) is 1.29. The van der Waals surface area contributed by atoms with Crippen molar-refractivity contribution in [1.29, 1.82) is 0 Å². The Balaban J connectivity index is 0. The van der Waals surface area contributed by atoms with E-state index in [0.717, 1.165) is 6.42 Å². The Morgan fingerprint density at radius 1 is 1.33 bits per heavy atom. The van der Waals surface area contributed by atoms with Gasteiger partial charge in [0.05, 0.1) is 0 Å². The van der Waals surface area contributed by atoms with E-state index in [0.29, 0.717) is 0 Å². The molecule has 0 radical (unpaired) electrons. The molecule has 0 amide bonds. The van der Waals surface area contributed by atoms with Gasteiger partial charge in [-0.05, 0) is 0 Å². The average Bonchev–Trinajstić information content (AvgIpc) is 2.07. The van der Waals surface area contributed by atoms with Crippen molar-refractivity contribution in [2.45, 2.75) is 26.7 Å². The first kappa shape index (κ1) is 14.4. The molecule has 1 aromatic rings. The Morgan fingerprint density at radius 2 is 1.75 bits per heavy atom. The minimum Gasteiger partial charge on any atom is -0.343 e. The summed E-state index contributed by atoms with van der Waals surface area (Å²) in [5.74, 6) is 0. The van der Waals surface area contributed by atoms with Crippen molar-refractivity contribution in [2.24, 2.45) is 0 Å². The van der Waals surface area contributed by atoms with Crippen molar-refractivity contribution < 1.29 is 19.5 Å². The third-order valence-corrected chi connectivity index (χ3v) is 1.24. The molecule has 0 fully saturated rings. The first-order valence-electron chi connectivity index (χ1n) is 4.03. The van der Waals surface area contributed by atoms with Crippen LogP contribution in [-0.2, 0) is 19.5 Å². The topological polar surface area (TPSA) is 0 Å². The van der Waals surface area contributed by atoms with E-state index >= 15 is 0 Å². The van der Waals surface area contributed by atoms with Gasteiger partial charge >= 0.3 is 19.5 Å². The Bertz CT molecular complexity index is 156. The fraction of sp³-hybridized carbons (Fsp3) is 0.364. The summed E-state index contributed by atoms with van der Waals surface area (Å²) >= 11 is 0. The third kappa shape index (κ3) is 9.84. The molecule has 1 rings (SSSR count). The molecule has 0 aliphatic heterocycles. The molecule has 0 spiro atoms. The van der Waals surface area contributed by atoms with Crippen LogP contribution in [0.1, 0.15) is 25.3 Å². The zero-order chi connectivity index (χ0) is 8.53. The van der Waals surface area contributed by atoms with Gasteiger partial charge in [0.1, 0.15) is 0 Å². The molecule has 0 unspecified atom stereocenters. The molecule has 1 heteroatoms. The molecule has 1 aromatic carbocycles. The maximum Gasteiger partial charge on any atom is 2.00 e. The Kier molecular flexibility index (Phi) is 13.0. The Morgan fingerprint density at radius 3 is 1.92 bits per heavy atom. The maximum absolute atomic E-state index is 3.60. The molecule has 0 saturated carbocycles.